The molecule has 0 saturated carbocycles. The molecule has 2 fully saturated rings. The first-order valence-electron chi connectivity index (χ1n) is 11.1. The van der Waals surface area contributed by atoms with Crippen LogP contribution in [0, 0.1) is 0 Å². The standard InChI is InChI=1S/C24H27N3O4S/c1-25-10-12-26(13-11-25)17-4-7-21-20(14-17)19-6-5-18(15-22(19)31-21)32-27-9-3-2-8-24(27,16-28)23(29)30/h4-7,14-16H,2-3,8-13H2,1H3,(H,29,30). The van der Waals surface area contributed by atoms with E-state index in [1.165, 1.54) is 17.6 Å². The van der Waals surface area contributed by atoms with Crippen molar-refractivity contribution >= 4 is 51.8 Å². The molecule has 0 aliphatic carbocycles. The average molecular weight is 454 g/mol. The minimum atomic E-state index is -1.47. The number of carboxylic acids is 1. The van der Waals surface area contributed by atoms with Crippen LogP contribution in [0.25, 0.3) is 21.9 Å². The van der Waals surface area contributed by atoms with E-state index in [2.05, 4.69) is 29.0 Å². The predicted octanol–water partition coefficient (Wildman–Crippen LogP) is 3.85. The number of piperazine rings is 1. The second kappa shape index (κ2) is 8.42. The number of rotatable bonds is 5. The van der Waals surface area contributed by atoms with E-state index in [0.717, 1.165) is 65.9 Å². The van der Waals surface area contributed by atoms with Gasteiger partial charge in [0.2, 0.25) is 0 Å². The lowest BCUT2D eigenvalue weighted by Gasteiger charge is -2.38. The first-order valence-corrected chi connectivity index (χ1v) is 11.8. The number of anilines is 1. The van der Waals surface area contributed by atoms with Crippen molar-refractivity contribution in [2.75, 3.05) is 44.7 Å². The van der Waals surface area contributed by atoms with Crippen molar-refractivity contribution < 1.29 is 19.1 Å². The van der Waals surface area contributed by atoms with Crippen LogP contribution < -0.4 is 4.90 Å². The number of piperidine rings is 1. The molecular weight excluding hydrogens is 426 g/mol. The molecule has 2 saturated heterocycles. The third-order valence-corrected chi connectivity index (χ3v) is 7.88. The van der Waals surface area contributed by atoms with Gasteiger partial charge in [-0.25, -0.2) is 9.10 Å². The van der Waals surface area contributed by atoms with Crippen LogP contribution in [0.2, 0.25) is 0 Å². The number of carboxylic acid groups (broad SMARTS) is 1. The zero-order valence-electron chi connectivity index (χ0n) is 18.1. The van der Waals surface area contributed by atoms with Gasteiger partial charge in [-0.2, -0.15) is 0 Å². The Morgan fingerprint density at radius 1 is 1.03 bits per heavy atom. The van der Waals surface area contributed by atoms with Gasteiger partial charge in [-0.15, -0.1) is 0 Å². The number of furan rings is 1. The van der Waals surface area contributed by atoms with Crippen LogP contribution in [0.5, 0.6) is 0 Å². The molecule has 3 aromatic rings. The maximum absolute atomic E-state index is 11.9. The highest BCUT2D eigenvalue weighted by Gasteiger charge is 2.46. The summed E-state index contributed by atoms with van der Waals surface area (Å²) in [5.74, 6) is -1.08. The molecule has 32 heavy (non-hydrogen) atoms. The largest absolute Gasteiger partial charge is 0.480 e. The van der Waals surface area contributed by atoms with Crippen molar-refractivity contribution in [1.29, 1.82) is 0 Å². The van der Waals surface area contributed by atoms with Crippen molar-refractivity contribution in [2.24, 2.45) is 0 Å². The summed E-state index contributed by atoms with van der Waals surface area (Å²) in [5, 5.41) is 11.9. The van der Waals surface area contributed by atoms with Crippen LogP contribution in [-0.4, -0.2) is 71.9 Å². The van der Waals surface area contributed by atoms with Crippen LogP contribution >= 0.6 is 11.9 Å². The number of carbonyl (C=O) groups excluding carboxylic acids is 1. The highest BCUT2D eigenvalue weighted by Crippen LogP contribution is 2.39. The molecule has 0 bridgehead atoms. The van der Waals surface area contributed by atoms with E-state index in [-0.39, 0.29) is 0 Å². The Kier molecular flexibility index (Phi) is 5.61. The quantitative estimate of drug-likeness (QED) is 0.355. The summed E-state index contributed by atoms with van der Waals surface area (Å²) in [5.41, 5.74) is 1.34. The Morgan fingerprint density at radius 3 is 2.59 bits per heavy atom. The Hall–Kier alpha value is -2.55. The van der Waals surface area contributed by atoms with E-state index in [4.69, 9.17) is 4.42 Å². The van der Waals surface area contributed by atoms with E-state index < -0.39 is 11.5 Å². The zero-order chi connectivity index (χ0) is 22.3. The molecule has 3 heterocycles. The van der Waals surface area contributed by atoms with E-state index in [0.29, 0.717) is 19.3 Å². The smallest absolute Gasteiger partial charge is 0.332 e. The lowest BCUT2D eigenvalue weighted by Crippen LogP contribution is -2.55. The first kappa shape index (κ1) is 21.3. The number of carbonyl (C=O) groups is 2. The molecule has 8 heteroatoms. The molecule has 0 radical (unpaired) electrons. The number of likely N-dealkylation sites (N-methyl/N-ethyl adjacent to an activating group) is 1. The summed E-state index contributed by atoms with van der Waals surface area (Å²) < 4.78 is 7.83. The SMILES string of the molecule is CN1CCN(c2ccc3oc4cc(SN5CCCCC5(C=O)C(=O)O)ccc4c3c2)CC1. The van der Waals surface area contributed by atoms with E-state index in [1.807, 2.05) is 24.3 Å². The Bertz CT molecular complexity index is 1170. The number of hydrogen-bond acceptors (Lipinski definition) is 7. The molecule has 2 aliphatic rings. The molecular formula is C24H27N3O4S. The first-order chi connectivity index (χ1) is 15.5. The molecule has 1 aromatic heterocycles. The Labute approximate surface area is 191 Å². The van der Waals surface area contributed by atoms with E-state index in [9.17, 15) is 14.7 Å². The van der Waals surface area contributed by atoms with Gasteiger partial charge < -0.3 is 24.1 Å². The summed E-state index contributed by atoms with van der Waals surface area (Å²) >= 11 is 1.32. The zero-order valence-corrected chi connectivity index (χ0v) is 18.9. The number of nitrogens with zero attached hydrogens (tertiary/aromatic N) is 3. The van der Waals surface area contributed by atoms with Crippen LogP contribution in [0.1, 0.15) is 19.3 Å². The number of aliphatic carboxylic acids is 1. The van der Waals surface area contributed by atoms with Gasteiger partial charge in [0.15, 0.2) is 11.8 Å². The normalized spacial score (nSPS) is 23.1. The van der Waals surface area contributed by atoms with Crippen molar-refractivity contribution in [3.63, 3.8) is 0 Å². The van der Waals surface area contributed by atoms with Gasteiger partial charge in [0.25, 0.3) is 0 Å². The average Bonchev–Trinajstić information content (AvgIpc) is 3.17. The number of fused-ring (bicyclic) bond motifs is 3. The van der Waals surface area contributed by atoms with Crippen LogP contribution in [0.4, 0.5) is 5.69 Å². The summed E-state index contributed by atoms with van der Waals surface area (Å²) in [6.07, 6.45) is 2.53. The van der Waals surface area contributed by atoms with Gasteiger partial charge >= 0.3 is 5.97 Å². The molecule has 1 unspecified atom stereocenters. The van der Waals surface area contributed by atoms with Gasteiger partial charge in [-0.1, -0.05) is 0 Å². The van der Waals surface area contributed by atoms with E-state index >= 15 is 0 Å². The highest BCUT2D eigenvalue weighted by molar-refractivity contribution is 7.97. The van der Waals surface area contributed by atoms with Gasteiger partial charge in [0.05, 0.1) is 0 Å². The van der Waals surface area contributed by atoms with Gasteiger partial charge in [-0.3, -0.25) is 0 Å². The highest BCUT2D eigenvalue weighted by atomic mass is 32.2. The lowest BCUT2D eigenvalue weighted by molar-refractivity contribution is -0.152. The third-order valence-electron chi connectivity index (χ3n) is 6.69. The van der Waals surface area contributed by atoms with Crippen LogP contribution in [-0.2, 0) is 9.59 Å². The predicted molar refractivity (Wildman–Crippen MR) is 126 cm³/mol. The van der Waals surface area contributed by atoms with Crippen molar-refractivity contribution in [3.05, 3.63) is 36.4 Å². The Morgan fingerprint density at radius 2 is 1.84 bits per heavy atom. The molecule has 5 rings (SSSR count). The maximum atomic E-state index is 11.9. The van der Waals surface area contributed by atoms with Crippen LogP contribution in [0.15, 0.2) is 45.7 Å². The second-order valence-electron chi connectivity index (χ2n) is 8.73. The summed E-state index contributed by atoms with van der Waals surface area (Å²) in [7, 11) is 2.15. The molecule has 2 aromatic carbocycles. The number of aldehydes is 1. The fourth-order valence-corrected chi connectivity index (χ4v) is 5.81. The fraction of sp³-hybridized carbons (Fsp3) is 0.417. The van der Waals surface area contributed by atoms with Gasteiger partial charge in [0.1, 0.15) is 11.2 Å². The number of benzene rings is 2. The van der Waals surface area contributed by atoms with Crippen molar-refractivity contribution in [3.8, 4) is 0 Å². The lowest BCUT2D eigenvalue weighted by atomic mass is 9.90. The maximum Gasteiger partial charge on any atom is 0.332 e. The molecule has 168 valence electrons. The topological polar surface area (TPSA) is 77.2 Å². The second-order valence-corrected chi connectivity index (χ2v) is 9.82. The monoisotopic (exact) mass is 453 g/mol. The van der Waals surface area contributed by atoms with Crippen molar-refractivity contribution in [1.82, 2.24) is 9.21 Å². The molecule has 0 spiro atoms. The molecule has 1 atom stereocenters. The Balaban J connectivity index is 1.44. The molecule has 1 N–H and O–H groups in total. The molecule has 2 aliphatic heterocycles. The van der Waals surface area contributed by atoms with Crippen LogP contribution in [0.3, 0.4) is 0 Å². The molecule has 7 nitrogen and oxygen atoms in total. The summed E-state index contributed by atoms with van der Waals surface area (Å²) in [6.45, 7) is 4.69. The summed E-state index contributed by atoms with van der Waals surface area (Å²) in [4.78, 5) is 29.3. The number of hydrogen-bond donors (Lipinski definition) is 1. The minimum absolute atomic E-state index is 0.334. The minimum Gasteiger partial charge on any atom is -0.480 e. The van der Waals surface area contributed by atoms with Crippen molar-refractivity contribution in [2.45, 2.75) is 29.7 Å². The van der Waals surface area contributed by atoms with Gasteiger partial charge in [0, 0.05) is 54.1 Å². The fourth-order valence-electron chi connectivity index (χ4n) is 4.67. The molecule has 0 amide bonds. The van der Waals surface area contributed by atoms with Gasteiger partial charge in [-0.05, 0) is 74.7 Å². The third kappa shape index (κ3) is 3.66. The summed E-state index contributed by atoms with van der Waals surface area (Å²) in [6, 6.07) is 12.3. The van der Waals surface area contributed by atoms with E-state index in [1.54, 1.807) is 4.31 Å².